The molecule has 19 heavy (non-hydrogen) atoms. The molecule has 1 aliphatic carbocycles. The van der Waals surface area contributed by atoms with Gasteiger partial charge in [-0.05, 0) is 50.9 Å². The molecule has 0 radical (unpaired) electrons. The van der Waals surface area contributed by atoms with Crippen LogP contribution in [0.25, 0.3) is 0 Å². The number of aryl methyl sites for hydroxylation is 1. The molecule has 104 valence electrons. The molecule has 1 fully saturated rings. The van der Waals surface area contributed by atoms with Crippen LogP contribution in [-0.2, 0) is 4.74 Å². The third-order valence-corrected chi connectivity index (χ3v) is 3.60. The van der Waals surface area contributed by atoms with Gasteiger partial charge in [-0.2, -0.15) is 0 Å². The summed E-state index contributed by atoms with van der Waals surface area (Å²) in [5.41, 5.74) is 1.89. The second-order valence-corrected chi connectivity index (χ2v) is 5.12. The molecule has 0 aromatic heterocycles. The van der Waals surface area contributed by atoms with Gasteiger partial charge < -0.3 is 10.1 Å². The van der Waals surface area contributed by atoms with E-state index >= 15 is 0 Å². The van der Waals surface area contributed by atoms with Crippen molar-refractivity contribution in [1.82, 2.24) is 5.32 Å². The summed E-state index contributed by atoms with van der Waals surface area (Å²) in [6, 6.07) is 7.98. The van der Waals surface area contributed by atoms with E-state index in [2.05, 4.69) is 10.6 Å². The maximum absolute atomic E-state index is 11.9. The minimum Gasteiger partial charge on any atom is -0.444 e. The second-order valence-electron chi connectivity index (χ2n) is 5.12. The zero-order valence-corrected chi connectivity index (χ0v) is 11.6. The number of ether oxygens (including phenoxy) is 1. The van der Waals surface area contributed by atoms with E-state index in [1.165, 1.54) is 6.42 Å². The van der Waals surface area contributed by atoms with Gasteiger partial charge in [-0.25, -0.2) is 4.79 Å². The fourth-order valence-electron chi connectivity index (χ4n) is 2.58. The third-order valence-electron chi connectivity index (χ3n) is 3.60. The molecule has 0 bridgehead atoms. The molecule has 1 aromatic carbocycles. The van der Waals surface area contributed by atoms with Gasteiger partial charge in [0.05, 0.1) is 0 Å². The Kier molecular flexibility index (Phi) is 4.80. The van der Waals surface area contributed by atoms with Crippen LogP contribution in [0.15, 0.2) is 24.3 Å². The number of rotatable bonds is 3. The van der Waals surface area contributed by atoms with Crippen molar-refractivity contribution >= 4 is 11.8 Å². The van der Waals surface area contributed by atoms with Crippen molar-refractivity contribution in [2.75, 3.05) is 12.4 Å². The Morgan fingerprint density at radius 1 is 1.32 bits per heavy atom. The van der Waals surface area contributed by atoms with Crippen molar-refractivity contribution in [3.63, 3.8) is 0 Å². The Hall–Kier alpha value is -1.55. The third kappa shape index (κ3) is 3.96. The topological polar surface area (TPSA) is 50.4 Å². The van der Waals surface area contributed by atoms with Crippen molar-refractivity contribution < 1.29 is 9.53 Å². The highest BCUT2D eigenvalue weighted by atomic mass is 16.6. The quantitative estimate of drug-likeness (QED) is 0.880. The lowest BCUT2D eigenvalue weighted by atomic mass is 9.92. The van der Waals surface area contributed by atoms with E-state index in [4.69, 9.17) is 4.74 Å². The van der Waals surface area contributed by atoms with Crippen LogP contribution in [0.1, 0.15) is 31.2 Å². The standard InChI is InChI=1S/C15H22N2O2/c1-11-6-5-7-12(10-11)17-15(18)19-14-9-4-3-8-13(14)16-2/h5-7,10,13-14,16H,3-4,8-9H2,1-2H3,(H,17,18). The zero-order valence-electron chi connectivity index (χ0n) is 11.6. The fourth-order valence-corrected chi connectivity index (χ4v) is 2.58. The van der Waals surface area contributed by atoms with Gasteiger partial charge in [0.1, 0.15) is 6.10 Å². The van der Waals surface area contributed by atoms with E-state index in [0.29, 0.717) is 0 Å². The van der Waals surface area contributed by atoms with Gasteiger partial charge in [0.15, 0.2) is 0 Å². The van der Waals surface area contributed by atoms with Crippen molar-refractivity contribution in [2.45, 2.75) is 44.8 Å². The summed E-state index contributed by atoms with van der Waals surface area (Å²) in [5, 5.41) is 6.01. The smallest absolute Gasteiger partial charge is 0.411 e. The lowest BCUT2D eigenvalue weighted by Gasteiger charge is -2.30. The molecular formula is C15H22N2O2. The number of hydrogen-bond acceptors (Lipinski definition) is 3. The Balaban J connectivity index is 1.90. The predicted molar refractivity (Wildman–Crippen MR) is 76.4 cm³/mol. The van der Waals surface area contributed by atoms with Gasteiger partial charge in [-0.1, -0.05) is 18.6 Å². The number of likely N-dealkylation sites (N-methyl/N-ethyl adjacent to an activating group) is 1. The molecule has 0 spiro atoms. The maximum Gasteiger partial charge on any atom is 0.411 e. The summed E-state index contributed by atoms with van der Waals surface area (Å²) in [5.74, 6) is 0. The highest BCUT2D eigenvalue weighted by Crippen LogP contribution is 2.21. The number of hydrogen-bond donors (Lipinski definition) is 2. The molecule has 4 nitrogen and oxygen atoms in total. The van der Waals surface area contributed by atoms with Crippen molar-refractivity contribution in [3.05, 3.63) is 29.8 Å². The summed E-state index contributed by atoms with van der Waals surface area (Å²) >= 11 is 0. The van der Waals surface area contributed by atoms with Gasteiger partial charge in [0.25, 0.3) is 0 Å². The monoisotopic (exact) mass is 262 g/mol. The first-order valence-electron chi connectivity index (χ1n) is 6.90. The maximum atomic E-state index is 11.9. The Bertz CT molecular complexity index is 434. The molecule has 0 aliphatic heterocycles. The Morgan fingerprint density at radius 2 is 2.11 bits per heavy atom. The number of nitrogens with one attached hydrogen (secondary N) is 2. The number of benzene rings is 1. The van der Waals surface area contributed by atoms with E-state index in [0.717, 1.165) is 30.5 Å². The van der Waals surface area contributed by atoms with E-state index in [1.807, 2.05) is 38.2 Å². The van der Waals surface area contributed by atoms with Crippen LogP contribution in [0, 0.1) is 6.92 Å². The SMILES string of the molecule is CNC1CCCCC1OC(=O)Nc1cccc(C)c1. The minimum atomic E-state index is -0.363. The average molecular weight is 262 g/mol. The van der Waals surface area contributed by atoms with E-state index in [9.17, 15) is 4.79 Å². The first kappa shape index (κ1) is 13.9. The lowest BCUT2D eigenvalue weighted by Crippen LogP contribution is -2.43. The summed E-state index contributed by atoms with van der Waals surface area (Å²) in [4.78, 5) is 11.9. The lowest BCUT2D eigenvalue weighted by molar-refractivity contribution is 0.0640. The van der Waals surface area contributed by atoms with E-state index in [-0.39, 0.29) is 18.2 Å². The molecule has 4 heteroatoms. The van der Waals surface area contributed by atoms with Gasteiger partial charge in [-0.3, -0.25) is 5.32 Å². The van der Waals surface area contributed by atoms with Gasteiger partial charge in [0, 0.05) is 11.7 Å². The van der Waals surface area contributed by atoms with Gasteiger partial charge in [0.2, 0.25) is 0 Å². The predicted octanol–water partition coefficient (Wildman–Crippen LogP) is 3.07. The Labute approximate surface area is 114 Å². The van der Waals surface area contributed by atoms with Crippen LogP contribution >= 0.6 is 0 Å². The number of amides is 1. The number of anilines is 1. The largest absolute Gasteiger partial charge is 0.444 e. The molecule has 2 unspecified atom stereocenters. The number of carbonyl (C=O) groups is 1. The van der Waals surface area contributed by atoms with Crippen LogP contribution < -0.4 is 10.6 Å². The second kappa shape index (κ2) is 6.57. The molecular weight excluding hydrogens is 240 g/mol. The van der Waals surface area contributed by atoms with Crippen LogP contribution in [0.4, 0.5) is 10.5 Å². The van der Waals surface area contributed by atoms with Crippen molar-refractivity contribution in [1.29, 1.82) is 0 Å². The van der Waals surface area contributed by atoms with Gasteiger partial charge >= 0.3 is 6.09 Å². The van der Waals surface area contributed by atoms with Crippen molar-refractivity contribution in [2.24, 2.45) is 0 Å². The average Bonchev–Trinajstić information content (AvgIpc) is 2.39. The first-order valence-corrected chi connectivity index (χ1v) is 6.90. The highest BCUT2D eigenvalue weighted by Gasteiger charge is 2.26. The van der Waals surface area contributed by atoms with Crippen LogP contribution in [0.5, 0.6) is 0 Å². The summed E-state index contributed by atoms with van der Waals surface area (Å²) in [7, 11) is 1.92. The molecule has 2 N–H and O–H groups in total. The zero-order chi connectivity index (χ0) is 13.7. The molecule has 1 aromatic rings. The minimum absolute atomic E-state index is 0.0245. The number of carbonyl (C=O) groups excluding carboxylic acids is 1. The highest BCUT2D eigenvalue weighted by molar-refractivity contribution is 5.84. The van der Waals surface area contributed by atoms with E-state index in [1.54, 1.807) is 0 Å². The molecule has 1 amide bonds. The van der Waals surface area contributed by atoms with E-state index < -0.39 is 0 Å². The molecule has 2 rings (SSSR count). The molecule has 0 saturated heterocycles. The first-order chi connectivity index (χ1) is 9.19. The van der Waals surface area contributed by atoms with Crippen LogP contribution in [-0.4, -0.2) is 25.3 Å². The summed E-state index contributed by atoms with van der Waals surface area (Å²) in [6.45, 7) is 1.99. The molecule has 1 saturated carbocycles. The normalized spacial score (nSPS) is 22.8. The summed E-state index contributed by atoms with van der Waals surface area (Å²) in [6.07, 6.45) is 3.94. The molecule has 0 heterocycles. The van der Waals surface area contributed by atoms with Crippen molar-refractivity contribution in [3.8, 4) is 0 Å². The fraction of sp³-hybridized carbons (Fsp3) is 0.533. The molecule has 2 atom stereocenters. The Morgan fingerprint density at radius 3 is 2.84 bits per heavy atom. The van der Waals surface area contributed by atoms with Gasteiger partial charge in [-0.15, -0.1) is 0 Å². The van der Waals surface area contributed by atoms with Crippen LogP contribution in [0.3, 0.4) is 0 Å². The van der Waals surface area contributed by atoms with Crippen LogP contribution in [0.2, 0.25) is 0 Å². The summed E-state index contributed by atoms with van der Waals surface area (Å²) < 4.78 is 5.53. The molecule has 1 aliphatic rings.